The molecule has 0 aliphatic rings. The Morgan fingerprint density at radius 3 is 2.83 bits per heavy atom. The van der Waals surface area contributed by atoms with E-state index in [-0.39, 0.29) is 0 Å². The monoisotopic (exact) mass is 245 g/mol. The Kier molecular flexibility index (Phi) is 4.29. The maximum absolute atomic E-state index is 5.39. The van der Waals surface area contributed by atoms with Gasteiger partial charge in [-0.05, 0) is 24.0 Å². The number of methoxy groups -OCH3 is 1. The Labute approximate surface area is 109 Å². The molecule has 2 heteroatoms. The normalized spacial score (nSPS) is 12.8. The molecular weight excluding hydrogens is 222 g/mol. The second-order valence-corrected chi connectivity index (χ2v) is 5.02. The van der Waals surface area contributed by atoms with E-state index in [0.29, 0.717) is 5.92 Å². The van der Waals surface area contributed by atoms with Crippen LogP contribution < -0.4 is 4.74 Å². The highest BCUT2D eigenvalue weighted by Gasteiger charge is 2.12. The predicted octanol–water partition coefficient (Wildman–Crippen LogP) is 4.86. The van der Waals surface area contributed by atoms with Crippen molar-refractivity contribution >= 4 is 10.9 Å². The summed E-state index contributed by atoms with van der Waals surface area (Å²) in [6.07, 6.45) is 7.33. The van der Waals surface area contributed by atoms with Crippen molar-refractivity contribution in [3.63, 3.8) is 0 Å². The van der Waals surface area contributed by atoms with Crippen LogP contribution in [0, 0.1) is 0 Å². The van der Waals surface area contributed by atoms with Gasteiger partial charge in [-0.2, -0.15) is 0 Å². The predicted molar refractivity (Wildman–Crippen MR) is 77.4 cm³/mol. The summed E-state index contributed by atoms with van der Waals surface area (Å²) >= 11 is 0. The van der Waals surface area contributed by atoms with Crippen molar-refractivity contribution in [2.45, 2.75) is 45.4 Å². The Morgan fingerprint density at radius 2 is 2.11 bits per heavy atom. The minimum atomic E-state index is 0.609. The number of H-pyrrole nitrogens is 1. The average molecular weight is 245 g/mol. The summed E-state index contributed by atoms with van der Waals surface area (Å²) in [6.45, 7) is 4.57. The lowest BCUT2D eigenvalue weighted by atomic mass is 9.94. The van der Waals surface area contributed by atoms with E-state index in [0.717, 1.165) is 11.3 Å². The molecule has 0 bridgehead atoms. The van der Waals surface area contributed by atoms with Crippen molar-refractivity contribution in [2.75, 3.05) is 7.11 Å². The summed E-state index contributed by atoms with van der Waals surface area (Å²) in [4.78, 5) is 3.35. The Balaban J connectivity index is 2.23. The first-order valence-electron chi connectivity index (χ1n) is 6.92. The molecule has 1 heterocycles. The first kappa shape index (κ1) is 13.0. The Morgan fingerprint density at radius 1 is 1.28 bits per heavy atom. The van der Waals surface area contributed by atoms with Crippen molar-refractivity contribution in [1.29, 1.82) is 0 Å². The van der Waals surface area contributed by atoms with Gasteiger partial charge in [0.05, 0.1) is 12.6 Å². The standard InChI is InChI=1S/C16H23NO/c1-4-5-6-8-12(2)14-11-17-16-13(14)9-7-10-15(16)18-3/h7,9-12,17H,4-6,8H2,1-3H3. The van der Waals surface area contributed by atoms with Gasteiger partial charge in [-0.25, -0.2) is 0 Å². The quantitative estimate of drug-likeness (QED) is 0.722. The highest BCUT2D eigenvalue weighted by atomic mass is 16.5. The Bertz CT molecular complexity index is 501. The van der Waals surface area contributed by atoms with Gasteiger partial charge in [0.25, 0.3) is 0 Å². The third-order valence-corrected chi connectivity index (χ3v) is 3.70. The number of ether oxygens (including phenoxy) is 1. The molecule has 0 aliphatic heterocycles. The molecule has 0 aliphatic carbocycles. The number of rotatable bonds is 6. The number of nitrogens with one attached hydrogen (secondary N) is 1. The molecule has 1 aromatic heterocycles. The lowest BCUT2D eigenvalue weighted by Crippen LogP contribution is -1.92. The van der Waals surface area contributed by atoms with Crippen LogP contribution in [0.25, 0.3) is 10.9 Å². The van der Waals surface area contributed by atoms with Gasteiger partial charge in [0, 0.05) is 11.6 Å². The highest BCUT2D eigenvalue weighted by Crippen LogP contribution is 2.33. The summed E-state index contributed by atoms with van der Waals surface area (Å²) in [5.41, 5.74) is 2.54. The van der Waals surface area contributed by atoms with Crippen molar-refractivity contribution < 1.29 is 4.74 Å². The van der Waals surface area contributed by atoms with Crippen LogP contribution in [0.3, 0.4) is 0 Å². The number of hydrogen-bond acceptors (Lipinski definition) is 1. The topological polar surface area (TPSA) is 25.0 Å². The Hall–Kier alpha value is -1.44. The first-order valence-corrected chi connectivity index (χ1v) is 6.92. The molecule has 98 valence electrons. The molecule has 0 fully saturated rings. The molecule has 18 heavy (non-hydrogen) atoms. The molecule has 2 rings (SSSR count). The van der Waals surface area contributed by atoms with Crippen LogP contribution in [0.15, 0.2) is 24.4 Å². The van der Waals surface area contributed by atoms with E-state index in [1.54, 1.807) is 7.11 Å². The SMILES string of the molecule is CCCCCC(C)c1c[nH]c2c(OC)cccc12. The summed E-state index contributed by atoms with van der Waals surface area (Å²) in [7, 11) is 1.72. The van der Waals surface area contributed by atoms with Crippen LogP contribution in [-0.2, 0) is 0 Å². The molecule has 2 aromatic rings. The number of benzene rings is 1. The van der Waals surface area contributed by atoms with E-state index in [1.807, 2.05) is 6.07 Å². The zero-order chi connectivity index (χ0) is 13.0. The van der Waals surface area contributed by atoms with E-state index < -0.39 is 0 Å². The van der Waals surface area contributed by atoms with Crippen LogP contribution in [0.1, 0.15) is 51.0 Å². The van der Waals surface area contributed by atoms with Crippen molar-refractivity contribution in [3.05, 3.63) is 30.0 Å². The van der Waals surface area contributed by atoms with Gasteiger partial charge in [0.2, 0.25) is 0 Å². The van der Waals surface area contributed by atoms with Crippen LogP contribution in [-0.4, -0.2) is 12.1 Å². The molecule has 0 saturated carbocycles. The number of para-hydroxylation sites is 1. The number of unbranched alkanes of at least 4 members (excludes halogenated alkanes) is 2. The molecule has 0 saturated heterocycles. The van der Waals surface area contributed by atoms with Gasteiger partial charge in [-0.15, -0.1) is 0 Å². The maximum atomic E-state index is 5.39. The van der Waals surface area contributed by atoms with Crippen molar-refractivity contribution in [3.8, 4) is 5.75 Å². The first-order chi connectivity index (χ1) is 8.77. The van der Waals surface area contributed by atoms with Gasteiger partial charge in [-0.3, -0.25) is 0 Å². The summed E-state index contributed by atoms with van der Waals surface area (Å²) < 4.78 is 5.39. The molecule has 1 aromatic carbocycles. The molecule has 1 unspecified atom stereocenters. The third-order valence-electron chi connectivity index (χ3n) is 3.70. The highest BCUT2D eigenvalue weighted by molar-refractivity contribution is 5.88. The summed E-state index contributed by atoms with van der Waals surface area (Å²) in [5.74, 6) is 1.54. The minimum Gasteiger partial charge on any atom is -0.495 e. The fourth-order valence-electron chi connectivity index (χ4n) is 2.58. The average Bonchev–Trinajstić information content (AvgIpc) is 2.82. The number of aromatic nitrogens is 1. The molecule has 0 spiro atoms. The van der Waals surface area contributed by atoms with Gasteiger partial charge >= 0.3 is 0 Å². The van der Waals surface area contributed by atoms with E-state index in [4.69, 9.17) is 4.74 Å². The zero-order valence-electron chi connectivity index (χ0n) is 11.6. The molecule has 0 amide bonds. The summed E-state index contributed by atoms with van der Waals surface area (Å²) in [6, 6.07) is 6.25. The molecular formula is C16H23NO. The summed E-state index contributed by atoms with van der Waals surface area (Å²) in [5, 5.41) is 1.30. The van der Waals surface area contributed by atoms with E-state index in [2.05, 4.69) is 37.2 Å². The van der Waals surface area contributed by atoms with E-state index in [9.17, 15) is 0 Å². The lowest BCUT2D eigenvalue weighted by molar-refractivity contribution is 0.419. The maximum Gasteiger partial charge on any atom is 0.142 e. The fourth-order valence-corrected chi connectivity index (χ4v) is 2.58. The van der Waals surface area contributed by atoms with Gasteiger partial charge in [-0.1, -0.05) is 45.2 Å². The largest absolute Gasteiger partial charge is 0.495 e. The van der Waals surface area contributed by atoms with Gasteiger partial charge in [0.15, 0.2) is 0 Å². The van der Waals surface area contributed by atoms with Crippen LogP contribution >= 0.6 is 0 Å². The molecule has 2 nitrogen and oxygen atoms in total. The van der Waals surface area contributed by atoms with Crippen LogP contribution in [0.5, 0.6) is 5.75 Å². The number of hydrogen-bond donors (Lipinski definition) is 1. The second kappa shape index (κ2) is 5.94. The number of fused-ring (bicyclic) bond motifs is 1. The van der Waals surface area contributed by atoms with E-state index in [1.165, 1.54) is 36.6 Å². The van der Waals surface area contributed by atoms with E-state index >= 15 is 0 Å². The van der Waals surface area contributed by atoms with Crippen molar-refractivity contribution in [1.82, 2.24) is 4.98 Å². The van der Waals surface area contributed by atoms with Crippen LogP contribution in [0.4, 0.5) is 0 Å². The zero-order valence-corrected chi connectivity index (χ0v) is 11.6. The second-order valence-electron chi connectivity index (χ2n) is 5.02. The molecule has 1 atom stereocenters. The third kappa shape index (κ3) is 2.53. The molecule has 1 N–H and O–H groups in total. The minimum absolute atomic E-state index is 0.609. The van der Waals surface area contributed by atoms with Gasteiger partial charge < -0.3 is 9.72 Å². The van der Waals surface area contributed by atoms with Gasteiger partial charge in [0.1, 0.15) is 5.75 Å². The van der Waals surface area contributed by atoms with Crippen LogP contribution in [0.2, 0.25) is 0 Å². The smallest absolute Gasteiger partial charge is 0.142 e. The van der Waals surface area contributed by atoms with Crippen molar-refractivity contribution in [2.24, 2.45) is 0 Å². The number of aromatic amines is 1. The fraction of sp³-hybridized carbons (Fsp3) is 0.500. The lowest BCUT2D eigenvalue weighted by Gasteiger charge is -2.10. The molecule has 0 radical (unpaired) electrons.